The summed E-state index contributed by atoms with van der Waals surface area (Å²) < 4.78 is 11.1. The molecule has 1 unspecified atom stereocenters. The zero-order chi connectivity index (χ0) is 19.3. The van der Waals surface area contributed by atoms with Crippen molar-refractivity contribution in [1.29, 1.82) is 0 Å². The van der Waals surface area contributed by atoms with Gasteiger partial charge < -0.3 is 19.7 Å². The van der Waals surface area contributed by atoms with E-state index in [0.717, 1.165) is 29.3 Å². The number of anilines is 1. The topological polar surface area (TPSA) is 76.6 Å². The van der Waals surface area contributed by atoms with Crippen LogP contribution >= 0.6 is 0 Å². The Bertz CT molecular complexity index is 973. The van der Waals surface area contributed by atoms with Gasteiger partial charge >= 0.3 is 6.03 Å². The first-order valence-electron chi connectivity index (χ1n) is 9.30. The van der Waals surface area contributed by atoms with Gasteiger partial charge in [-0.05, 0) is 24.3 Å². The van der Waals surface area contributed by atoms with Crippen LogP contribution in [0, 0.1) is 0 Å². The van der Waals surface area contributed by atoms with Crippen molar-refractivity contribution in [2.24, 2.45) is 0 Å². The van der Waals surface area contributed by atoms with Crippen molar-refractivity contribution in [3.63, 3.8) is 0 Å². The number of benzene rings is 2. The van der Waals surface area contributed by atoms with E-state index >= 15 is 0 Å². The van der Waals surface area contributed by atoms with Crippen LogP contribution in [0.4, 0.5) is 10.5 Å². The van der Waals surface area contributed by atoms with E-state index < -0.39 is 0 Å². The number of ether oxygens (including phenoxy) is 2. The van der Waals surface area contributed by atoms with Gasteiger partial charge in [-0.25, -0.2) is 14.8 Å². The highest BCUT2D eigenvalue weighted by atomic mass is 16.5. The van der Waals surface area contributed by atoms with Gasteiger partial charge in [-0.15, -0.1) is 0 Å². The zero-order valence-electron chi connectivity index (χ0n) is 15.7. The van der Waals surface area contributed by atoms with E-state index in [9.17, 15) is 4.79 Å². The molecule has 144 valence electrons. The van der Waals surface area contributed by atoms with Crippen LogP contribution in [0.1, 0.15) is 12.8 Å². The summed E-state index contributed by atoms with van der Waals surface area (Å²) in [6, 6.07) is 13.8. The number of urea groups is 1. The Kier molecular flexibility index (Phi) is 5.23. The monoisotopic (exact) mass is 378 g/mol. The van der Waals surface area contributed by atoms with E-state index in [2.05, 4.69) is 15.3 Å². The Hall–Kier alpha value is -3.35. The predicted octanol–water partition coefficient (Wildman–Crippen LogP) is 3.71. The summed E-state index contributed by atoms with van der Waals surface area (Å²) in [4.78, 5) is 22.9. The van der Waals surface area contributed by atoms with Gasteiger partial charge in [-0.2, -0.15) is 0 Å². The minimum Gasteiger partial charge on any atom is -0.477 e. The zero-order valence-corrected chi connectivity index (χ0v) is 15.7. The minimum absolute atomic E-state index is 0.129. The molecule has 0 radical (unpaired) electrons. The van der Waals surface area contributed by atoms with Gasteiger partial charge in [0.05, 0.1) is 19.3 Å². The van der Waals surface area contributed by atoms with Crippen molar-refractivity contribution in [1.82, 2.24) is 14.9 Å². The Morgan fingerprint density at radius 1 is 1.11 bits per heavy atom. The second kappa shape index (κ2) is 8.12. The predicted molar refractivity (Wildman–Crippen MR) is 107 cm³/mol. The van der Waals surface area contributed by atoms with Crippen LogP contribution in [0.5, 0.6) is 11.8 Å². The van der Waals surface area contributed by atoms with E-state index in [1.807, 2.05) is 42.5 Å². The van der Waals surface area contributed by atoms with E-state index in [-0.39, 0.29) is 12.1 Å². The molecule has 0 saturated carbocycles. The number of methoxy groups -OCH3 is 1. The van der Waals surface area contributed by atoms with Crippen molar-refractivity contribution in [2.45, 2.75) is 18.9 Å². The normalized spacial score (nSPS) is 16.6. The SMILES string of the molecule is COc1nccnc1OC1CCCN(C(=O)Nc2cccc3ccccc23)C1. The summed E-state index contributed by atoms with van der Waals surface area (Å²) in [5, 5.41) is 5.15. The molecule has 1 aliphatic heterocycles. The molecule has 1 aromatic heterocycles. The van der Waals surface area contributed by atoms with Crippen LogP contribution in [0.25, 0.3) is 10.8 Å². The Morgan fingerprint density at radius 2 is 1.89 bits per heavy atom. The van der Waals surface area contributed by atoms with Crippen molar-refractivity contribution in [3.05, 3.63) is 54.9 Å². The lowest BCUT2D eigenvalue weighted by Gasteiger charge is -2.32. The fourth-order valence-corrected chi connectivity index (χ4v) is 3.44. The van der Waals surface area contributed by atoms with Crippen LogP contribution in [0.3, 0.4) is 0 Å². The molecule has 1 atom stereocenters. The average Bonchev–Trinajstić information content (AvgIpc) is 2.74. The highest BCUT2D eigenvalue weighted by molar-refractivity contribution is 6.01. The lowest BCUT2D eigenvalue weighted by atomic mass is 10.1. The maximum absolute atomic E-state index is 12.8. The molecule has 3 aromatic rings. The quantitative estimate of drug-likeness (QED) is 0.749. The highest BCUT2D eigenvalue weighted by Crippen LogP contribution is 2.26. The number of carbonyl (C=O) groups is 1. The summed E-state index contributed by atoms with van der Waals surface area (Å²) in [6.45, 7) is 1.17. The molecule has 0 spiro atoms. The molecule has 0 aliphatic carbocycles. The molecule has 7 nitrogen and oxygen atoms in total. The lowest BCUT2D eigenvalue weighted by Crippen LogP contribution is -2.46. The Balaban J connectivity index is 1.44. The number of fused-ring (bicyclic) bond motifs is 1. The summed E-state index contributed by atoms with van der Waals surface area (Å²) in [7, 11) is 1.53. The van der Waals surface area contributed by atoms with Gasteiger partial charge in [-0.3, -0.25) is 0 Å². The average molecular weight is 378 g/mol. The molecule has 1 aliphatic rings. The minimum atomic E-state index is -0.155. The Labute approximate surface area is 163 Å². The standard InChI is InChI=1S/C21H22N4O3/c1-27-19-20(23-12-11-22-19)28-16-8-5-13-25(14-16)21(26)24-18-10-4-7-15-6-2-3-9-17(15)18/h2-4,6-7,9-12,16H,5,8,13-14H2,1H3,(H,24,26). The van der Waals surface area contributed by atoms with Crippen LogP contribution in [0.15, 0.2) is 54.9 Å². The number of piperidine rings is 1. The van der Waals surface area contributed by atoms with Crippen LogP contribution in [-0.2, 0) is 0 Å². The number of nitrogens with one attached hydrogen (secondary N) is 1. The molecular weight excluding hydrogens is 356 g/mol. The Morgan fingerprint density at radius 3 is 2.75 bits per heavy atom. The second-order valence-corrected chi connectivity index (χ2v) is 6.66. The van der Waals surface area contributed by atoms with Crippen molar-refractivity contribution >= 4 is 22.5 Å². The molecule has 1 N–H and O–H groups in total. The summed E-state index contributed by atoms with van der Waals surface area (Å²) in [6.07, 6.45) is 4.66. The molecular formula is C21H22N4O3. The number of likely N-dealkylation sites (tertiary alicyclic amines) is 1. The highest BCUT2D eigenvalue weighted by Gasteiger charge is 2.26. The van der Waals surface area contributed by atoms with Crippen LogP contribution < -0.4 is 14.8 Å². The van der Waals surface area contributed by atoms with E-state index in [4.69, 9.17) is 9.47 Å². The summed E-state index contributed by atoms with van der Waals surface area (Å²) >= 11 is 0. The molecule has 28 heavy (non-hydrogen) atoms. The molecule has 2 aromatic carbocycles. The fourth-order valence-electron chi connectivity index (χ4n) is 3.44. The number of hydrogen-bond acceptors (Lipinski definition) is 5. The van der Waals surface area contributed by atoms with E-state index in [1.54, 1.807) is 17.3 Å². The van der Waals surface area contributed by atoms with Gasteiger partial charge in [0.25, 0.3) is 11.8 Å². The number of nitrogens with zero attached hydrogens (tertiary/aromatic N) is 3. The van der Waals surface area contributed by atoms with E-state index in [1.165, 1.54) is 7.11 Å². The van der Waals surface area contributed by atoms with Crippen LogP contribution in [0.2, 0.25) is 0 Å². The first kappa shape index (κ1) is 18.0. The lowest BCUT2D eigenvalue weighted by molar-refractivity contribution is 0.0988. The van der Waals surface area contributed by atoms with E-state index in [0.29, 0.717) is 24.8 Å². The van der Waals surface area contributed by atoms with Crippen molar-refractivity contribution < 1.29 is 14.3 Å². The second-order valence-electron chi connectivity index (χ2n) is 6.66. The number of carbonyl (C=O) groups excluding carboxylic acids is 1. The molecule has 1 fully saturated rings. The van der Waals surface area contributed by atoms with Gasteiger partial charge in [0.2, 0.25) is 0 Å². The van der Waals surface area contributed by atoms with Gasteiger partial charge in [-0.1, -0.05) is 36.4 Å². The summed E-state index contributed by atoms with van der Waals surface area (Å²) in [5.74, 6) is 0.700. The third-order valence-corrected chi connectivity index (χ3v) is 4.80. The molecule has 2 amide bonds. The smallest absolute Gasteiger partial charge is 0.321 e. The first-order chi connectivity index (χ1) is 13.7. The van der Waals surface area contributed by atoms with Crippen LogP contribution in [-0.4, -0.2) is 47.2 Å². The largest absolute Gasteiger partial charge is 0.477 e. The van der Waals surface area contributed by atoms with Gasteiger partial charge in [0, 0.05) is 24.3 Å². The molecule has 7 heteroatoms. The fraction of sp³-hybridized carbons (Fsp3) is 0.286. The molecule has 4 rings (SSSR count). The number of rotatable bonds is 4. The van der Waals surface area contributed by atoms with Gasteiger partial charge in [0.1, 0.15) is 6.10 Å². The number of aromatic nitrogens is 2. The molecule has 0 bridgehead atoms. The maximum Gasteiger partial charge on any atom is 0.321 e. The summed E-state index contributed by atoms with van der Waals surface area (Å²) in [5.41, 5.74) is 0.807. The van der Waals surface area contributed by atoms with Gasteiger partial charge in [0.15, 0.2) is 0 Å². The number of hydrogen-bond donors (Lipinski definition) is 1. The molecule has 2 heterocycles. The molecule has 1 saturated heterocycles. The first-order valence-corrected chi connectivity index (χ1v) is 9.30. The van der Waals surface area contributed by atoms with Crippen molar-refractivity contribution in [3.8, 4) is 11.8 Å². The number of amides is 2. The van der Waals surface area contributed by atoms with Crippen molar-refractivity contribution in [2.75, 3.05) is 25.5 Å². The third kappa shape index (κ3) is 3.83. The third-order valence-electron chi connectivity index (χ3n) is 4.80. The maximum atomic E-state index is 12.8.